The van der Waals surface area contributed by atoms with Crippen LogP contribution in [0.5, 0.6) is 0 Å². The molecule has 26 heavy (non-hydrogen) atoms. The Kier molecular flexibility index (Phi) is 5.22. The smallest absolute Gasteiger partial charge is 0.265 e. The van der Waals surface area contributed by atoms with Crippen molar-refractivity contribution < 1.29 is 13.2 Å². The molecule has 2 aromatic carbocycles. The van der Waals surface area contributed by atoms with Crippen molar-refractivity contribution in [3.8, 4) is 0 Å². The fourth-order valence-corrected chi connectivity index (χ4v) is 4.40. The molecule has 0 atom stereocenters. The molecule has 3 rings (SSSR count). The minimum atomic E-state index is -3.33. The summed E-state index contributed by atoms with van der Waals surface area (Å²) in [6, 6.07) is 14.0. The molecule has 136 valence electrons. The third-order valence-corrected chi connectivity index (χ3v) is 7.08. The number of anilines is 2. The molecule has 0 radical (unpaired) electrons. The molecule has 0 spiro atoms. The maximum atomic E-state index is 12.5. The third kappa shape index (κ3) is 3.85. The largest absolute Gasteiger partial charge is 0.321 e. The van der Waals surface area contributed by atoms with Crippen LogP contribution in [-0.4, -0.2) is 27.1 Å². The quantitative estimate of drug-likeness (QED) is 0.671. The van der Waals surface area contributed by atoms with Crippen LogP contribution < -0.4 is 9.62 Å². The number of benzene rings is 2. The summed E-state index contributed by atoms with van der Waals surface area (Å²) in [7, 11) is -1.80. The summed E-state index contributed by atoms with van der Waals surface area (Å²) in [6.45, 7) is 1.60. The van der Waals surface area contributed by atoms with Crippen LogP contribution in [0.4, 0.5) is 11.4 Å². The highest BCUT2D eigenvalue weighted by atomic mass is 35.5. The van der Waals surface area contributed by atoms with Gasteiger partial charge in [0.2, 0.25) is 10.0 Å². The summed E-state index contributed by atoms with van der Waals surface area (Å²) < 4.78 is 26.2. The number of thiophene rings is 1. The molecular formula is C18H17ClN2O3S2. The maximum Gasteiger partial charge on any atom is 0.265 e. The van der Waals surface area contributed by atoms with Crippen LogP contribution in [0, 0.1) is 0 Å². The van der Waals surface area contributed by atoms with Crippen molar-refractivity contribution in [3.05, 3.63) is 58.4 Å². The van der Waals surface area contributed by atoms with Crippen LogP contribution >= 0.6 is 22.9 Å². The summed E-state index contributed by atoms with van der Waals surface area (Å²) in [6.07, 6.45) is 0. The first-order valence-electron chi connectivity index (χ1n) is 7.87. The number of hydrogen-bond acceptors (Lipinski definition) is 4. The van der Waals surface area contributed by atoms with Crippen molar-refractivity contribution in [1.29, 1.82) is 0 Å². The monoisotopic (exact) mass is 408 g/mol. The highest BCUT2D eigenvalue weighted by molar-refractivity contribution is 7.92. The average Bonchev–Trinajstić information content (AvgIpc) is 3.04. The summed E-state index contributed by atoms with van der Waals surface area (Å²) in [5.74, 6) is -0.206. The third-order valence-electron chi connectivity index (χ3n) is 3.95. The lowest BCUT2D eigenvalue weighted by molar-refractivity contribution is 0.103. The normalized spacial score (nSPS) is 11.5. The van der Waals surface area contributed by atoms with Gasteiger partial charge < -0.3 is 5.32 Å². The van der Waals surface area contributed by atoms with Crippen LogP contribution in [0.25, 0.3) is 10.1 Å². The van der Waals surface area contributed by atoms with Gasteiger partial charge in [-0.3, -0.25) is 9.10 Å². The van der Waals surface area contributed by atoms with Gasteiger partial charge in [0.25, 0.3) is 5.91 Å². The van der Waals surface area contributed by atoms with E-state index in [-0.39, 0.29) is 11.7 Å². The molecule has 1 heterocycles. The van der Waals surface area contributed by atoms with E-state index in [9.17, 15) is 13.2 Å². The Morgan fingerprint density at radius 2 is 1.96 bits per heavy atom. The van der Waals surface area contributed by atoms with Crippen LogP contribution in [0.1, 0.15) is 16.6 Å². The van der Waals surface area contributed by atoms with E-state index in [0.29, 0.717) is 21.3 Å². The zero-order chi connectivity index (χ0) is 18.9. The van der Waals surface area contributed by atoms with E-state index in [1.165, 1.54) is 22.7 Å². The SMILES string of the molecule is CCS(=O)(=O)N(C)c1ccc2sc(C(=O)Nc3cccc(Cl)c3)cc2c1. The molecule has 5 nitrogen and oxygen atoms in total. The Bertz CT molecular complexity index is 1080. The number of carbonyl (C=O) groups excluding carboxylic acids is 1. The predicted octanol–water partition coefficient (Wildman–Crippen LogP) is 4.59. The fourth-order valence-electron chi connectivity index (χ4n) is 2.45. The van der Waals surface area contributed by atoms with Crippen molar-refractivity contribution in [2.45, 2.75) is 6.92 Å². The van der Waals surface area contributed by atoms with Gasteiger partial charge in [-0.25, -0.2) is 8.42 Å². The van der Waals surface area contributed by atoms with Crippen molar-refractivity contribution in [1.82, 2.24) is 0 Å². The highest BCUT2D eigenvalue weighted by Gasteiger charge is 2.17. The molecule has 0 saturated heterocycles. The van der Waals surface area contributed by atoms with E-state index in [1.807, 2.05) is 6.07 Å². The molecule has 1 aromatic heterocycles. The minimum absolute atomic E-state index is 0.0263. The Morgan fingerprint density at radius 3 is 2.65 bits per heavy atom. The van der Waals surface area contributed by atoms with E-state index >= 15 is 0 Å². The number of fused-ring (bicyclic) bond motifs is 1. The van der Waals surface area contributed by atoms with Crippen LogP contribution in [0.3, 0.4) is 0 Å². The molecule has 1 N–H and O–H groups in total. The number of sulfonamides is 1. The van der Waals surface area contributed by atoms with Gasteiger partial charge in [-0.2, -0.15) is 0 Å². The van der Waals surface area contributed by atoms with Crippen molar-refractivity contribution in [3.63, 3.8) is 0 Å². The molecule has 0 fully saturated rings. The lowest BCUT2D eigenvalue weighted by atomic mass is 10.2. The van der Waals surface area contributed by atoms with Gasteiger partial charge in [0, 0.05) is 22.5 Å². The Morgan fingerprint density at radius 1 is 1.19 bits per heavy atom. The van der Waals surface area contributed by atoms with Crippen molar-refractivity contribution in [2.75, 3.05) is 22.4 Å². The molecule has 0 aliphatic carbocycles. The Balaban J connectivity index is 1.88. The van der Waals surface area contributed by atoms with Gasteiger partial charge >= 0.3 is 0 Å². The lowest BCUT2D eigenvalue weighted by Gasteiger charge is -2.18. The fraction of sp³-hybridized carbons (Fsp3) is 0.167. The first-order chi connectivity index (χ1) is 12.3. The zero-order valence-corrected chi connectivity index (χ0v) is 16.6. The average molecular weight is 409 g/mol. The molecule has 1 amide bonds. The summed E-state index contributed by atoms with van der Waals surface area (Å²) in [5.41, 5.74) is 1.19. The summed E-state index contributed by atoms with van der Waals surface area (Å²) in [5, 5.41) is 4.18. The van der Waals surface area contributed by atoms with E-state index in [0.717, 1.165) is 10.1 Å². The number of rotatable bonds is 5. The zero-order valence-electron chi connectivity index (χ0n) is 14.2. The molecule has 8 heteroatoms. The van der Waals surface area contributed by atoms with Gasteiger partial charge in [0.1, 0.15) is 0 Å². The van der Waals surface area contributed by atoms with Crippen LogP contribution in [0.15, 0.2) is 48.5 Å². The maximum absolute atomic E-state index is 12.5. The summed E-state index contributed by atoms with van der Waals surface area (Å²) in [4.78, 5) is 13.0. The predicted molar refractivity (Wildman–Crippen MR) is 109 cm³/mol. The van der Waals surface area contributed by atoms with Gasteiger partial charge in [0.05, 0.1) is 16.3 Å². The summed E-state index contributed by atoms with van der Waals surface area (Å²) >= 11 is 7.28. The second kappa shape index (κ2) is 7.26. The van der Waals surface area contributed by atoms with Gasteiger partial charge in [-0.1, -0.05) is 17.7 Å². The number of amides is 1. The number of halogens is 1. The first-order valence-corrected chi connectivity index (χ1v) is 10.7. The van der Waals surface area contributed by atoms with Crippen LogP contribution in [-0.2, 0) is 10.0 Å². The molecule has 0 bridgehead atoms. The highest BCUT2D eigenvalue weighted by Crippen LogP contribution is 2.30. The van der Waals surface area contributed by atoms with Gasteiger partial charge in [0.15, 0.2) is 0 Å². The minimum Gasteiger partial charge on any atom is -0.321 e. The van der Waals surface area contributed by atoms with E-state index in [2.05, 4.69) is 5.32 Å². The second-order valence-electron chi connectivity index (χ2n) is 5.67. The van der Waals surface area contributed by atoms with Gasteiger partial charge in [-0.05, 0) is 54.8 Å². The van der Waals surface area contributed by atoms with E-state index < -0.39 is 10.0 Å². The molecule has 0 saturated carbocycles. The molecule has 0 unspecified atom stereocenters. The van der Waals surface area contributed by atoms with E-state index in [1.54, 1.807) is 49.4 Å². The van der Waals surface area contributed by atoms with Crippen LogP contribution in [0.2, 0.25) is 5.02 Å². The first kappa shape index (κ1) is 18.7. The number of hydrogen-bond donors (Lipinski definition) is 1. The topological polar surface area (TPSA) is 66.5 Å². The molecule has 3 aromatic rings. The standard InChI is InChI=1S/C18H17ClN2O3S2/c1-3-26(23,24)21(2)15-7-8-16-12(9-15)10-17(25-16)18(22)20-14-6-4-5-13(19)11-14/h4-11H,3H2,1-2H3,(H,20,22). The number of nitrogens with one attached hydrogen (secondary N) is 1. The Hall–Kier alpha value is -2.09. The molecule has 0 aliphatic rings. The van der Waals surface area contributed by atoms with E-state index in [4.69, 9.17) is 11.6 Å². The van der Waals surface area contributed by atoms with Crippen molar-refractivity contribution >= 4 is 60.3 Å². The van der Waals surface area contributed by atoms with Gasteiger partial charge in [-0.15, -0.1) is 11.3 Å². The van der Waals surface area contributed by atoms with Crippen molar-refractivity contribution in [2.24, 2.45) is 0 Å². The Labute approximate surface area is 161 Å². The number of nitrogens with zero attached hydrogens (tertiary/aromatic N) is 1. The number of carbonyl (C=O) groups is 1. The lowest BCUT2D eigenvalue weighted by Crippen LogP contribution is -2.27. The second-order valence-corrected chi connectivity index (χ2v) is 9.47. The molecule has 0 aliphatic heterocycles. The molecular weight excluding hydrogens is 392 g/mol.